The fourth-order valence-electron chi connectivity index (χ4n) is 1.26. The fraction of sp³-hybridized carbons (Fsp3) is 0.400. The van der Waals surface area contributed by atoms with Gasteiger partial charge in [-0.3, -0.25) is 0 Å². The Hall–Kier alpha value is -1.54. The van der Waals surface area contributed by atoms with E-state index in [1.54, 1.807) is 6.07 Å². The van der Waals surface area contributed by atoms with Crippen molar-refractivity contribution in [2.45, 2.75) is 4.90 Å². The zero-order valence-electron chi connectivity index (χ0n) is 10.9. The first-order valence-electron chi connectivity index (χ1n) is 5.45. The van der Waals surface area contributed by atoms with E-state index in [0.29, 0.717) is 0 Å². The highest BCUT2D eigenvalue weighted by Gasteiger charge is 2.20. The second-order valence-corrected chi connectivity index (χ2v) is 8.00. The van der Waals surface area contributed by atoms with Gasteiger partial charge in [-0.25, -0.2) is 30.8 Å². The highest BCUT2D eigenvalue weighted by Crippen LogP contribution is 2.11. The molecular weight excluding hydrogens is 304 g/mol. The highest BCUT2D eigenvalue weighted by atomic mass is 32.2. The van der Waals surface area contributed by atoms with Gasteiger partial charge in [-0.15, -0.1) is 0 Å². The van der Waals surface area contributed by atoms with Crippen molar-refractivity contribution >= 4 is 20.0 Å². The lowest BCUT2D eigenvalue weighted by Gasteiger charge is -2.12. The number of aromatic nitrogens is 1. The summed E-state index contributed by atoms with van der Waals surface area (Å²) in [5.41, 5.74) is -0.240. The molecule has 110 valence electrons. The molecule has 1 aromatic heterocycles. The molecule has 0 bridgehead atoms. The van der Waals surface area contributed by atoms with E-state index < -0.39 is 20.0 Å². The fourth-order valence-corrected chi connectivity index (χ4v) is 3.25. The molecule has 0 saturated carbocycles. The van der Waals surface area contributed by atoms with Crippen LogP contribution in [0.15, 0.2) is 23.2 Å². The van der Waals surface area contributed by atoms with Crippen molar-refractivity contribution in [2.24, 2.45) is 0 Å². The van der Waals surface area contributed by atoms with Crippen molar-refractivity contribution in [1.82, 2.24) is 14.0 Å². The highest BCUT2D eigenvalue weighted by molar-refractivity contribution is 7.90. The van der Waals surface area contributed by atoms with Crippen LogP contribution in [0.1, 0.15) is 5.69 Å². The maximum absolute atomic E-state index is 12.0. The summed E-state index contributed by atoms with van der Waals surface area (Å²) in [4.78, 5) is 3.37. The van der Waals surface area contributed by atoms with E-state index in [1.807, 2.05) is 0 Å². The summed E-state index contributed by atoms with van der Waals surface area (Å²) in [6.45, 7) is -0.289. The average Bonchev–Trinajstić information content (AvgIpc) is 2.38. The lowest BCUT2D eigenvalue weighted by Crippen LogP contribution is -2.34. The van der Waals surface area contributed by atoms with Gasteiger partial charge in [0.25, 0.3) is 0 Å². The zero-order chi connectivity index (χ0) is 15.4. The number of pyridine rings is 1. The molecule has 1 heterocycles. The van der Waals surface area contributed by atoms with Crippen molar-refractivity contribution in [1.29, 1.82) is 5.26 Å². The molecule has 8 nitrogen and oxygen atoms in total. The molecule has 0 aromatic carbocycles. The van der Waals surface area contributed by atoms with Crippen molar-refractivity contribution in [2.75, 3.05) is 26.4 Å². The number of sulfonamides is 2. The number of nitrogens with one attached hydrogen (secondary N) is 1. The maximum atomic E-state index is 12.0. The Kier molecular flexibility index (Phi) is 5.18. The standard InChI is InChI=1S/C10H14N4O4S2/c1-14(2)19(15,16)7-6-13-20(17,18)10-4-3-5-12-9(10)8-11/h3-5,13H,6-7H2,1-2H3. The number of nitriles is 1. The molecule has 0 radical (unpaired) electrons. The van der Waals surface area contributed by atoms with Crippen molar-refractivity contribution < 1.29 is 16.8 Å². The molecule has 1 N–H and O–H groups in total. The van der Waals surface area contributed by atoms with Gasteiger partial charge in [-0.05, 0) is 12.1 Å². The zero-order valence-corrected chi connectivity index (χ0v) is 12.6. The van der Waals surface area contributed by atoms with E-state index in [4.69, 9.17) is 5.26 Å². The van der Waals surface area contributed by atoms with Gasteiger partial charge in [-0.2, -0.15) is 5.26 Å². The Labute approximate surface area is 118 Å². The molecule has 0 unspecified atom stereocenters. The van der Waals surface area contributed by atoms with Crippen molar-refractivity contribution in [3.05, 3.63) is 24.0 Å². The van der Waals surface area contributed by atoms with Crippen LogP contribution in [0.4, 0.5) is 0 Å². The smallest absolute Gasteiger partial charge is 0.243 e. The second-order valence-electron chi connectivity index (χ2n) is 3.96. The summed E-state index contributed by atoms with van der Waals surface area (Å²) < 4.78 is 50.1. The summed E-state index contributed by atoms with van der Waals surface area (Å²) in [6, 6.07) is 4.28. The van der Waals surface area contributed by atoms with Gasteiger partial charge in [0.15, 0.2) is 5.69 Å². The molecule has 10 heteroatoms. The molecule has 0 saturated heterocycles. The third-order valence-corrected chi connectivity index (χ3v) is 5.70. The molecule has 1 rings (SSSR count). The van der Waals surface area contributed by atoms with Crippen LogP contribution in [0, 0.1) is 11.3 Å². The minimum atomic E-state index is -3.97. The van der Waals surface area contributed by atoms with Gasteiger partial charge in [0, 0.05) is 26.8 Å². The van der Waals surface area contributed by atoms with Gasteiger partial charge in [0.2, 0.25) is 20.0 Å². The van der Waals surface area contributed by atoms with Gasteiger partial charge in [0.05, 0.1) is 5.75 Å². The van der Waals surface area contributed by atoms with Crippen LogP contribution in [0.5, 0.6) is 0 Å². The van der Waals surface area contributed by atoms with Gasteiger partial charge < -0.3 is 0 Å². The van der Waals surface area contributed by atoms with Crippen molar-refractivity contribution in [3.8, 4) is 6.07 Å². The van der Waals surface area contributed by atoms with E-state index in [0.717, 1.165) is 4.31 Å². The second kappa shape index (κ2) is 6.27. The largest absolute Gasteiger partial charge is 0.244 e. The predicted molar refractivity (Wildman–Crippen MR) is 71.6 cm³/mol. The van der Waals surface area contributed by atoms with E-state index in [-0.39, 0.29) is 22.9 Å². The Morgan fingerprint density at radius 3 is 2.55 bits per heavy atom. The van der Waals surface area contributed by atoms with Crippen LogP contribution in [-0.4, -0.2) is 52.5 Å². The van der Waals surface area contributed by atoms with Crippen LogP contribution in [-0.2, 0) is 20.0 Å². The SMILES string of the molecule is CN(C)S(=O)(=O)CCNS(=O)(=O)c1cccnc1C#N. The van der Waals surface area contributed by atoms with Crippen molar-refractivity contribution in [3.63, 3.8) is 0 Å². The summed E-state index contributed by atoms with van der Waals surface area (Å²) >= 11 is 0. The third kappa shape index (κ3) is 3.97. The van der Waals surface area contributed by atoms with Crippen LogP contribution in [0.25, 0.3) is 0 Å². The molecule has 0 spiro atoms. The predicted octanol–water partition coefficient (Wildman–Crippen LogP) is -0.877. The van der Waals surface area contributed by atoms with E-state index in [2.05, 4.69) is 9.71 Å². The summed E-state index contributed by atoms with van der Waals surface area (Å²) in [5.74, 6) is -0.374. The first kappa shape index (κ1) is 16.5. The van der Waals surface area contributed by atoms with E-state index in [1.165, 1.54) is 32.4 Å². The molecule has 0 aliphatic carbocycles. The molecule has 0 atom stereocenters. The van der Waals surface area contributed by atoms with Crippen LogP contribution in [0.2, 0.25) is 0 Å². The molecule has 1 aromatic rings. The summed E-state index contributed by atoms with van der Waals surface area (Å²) in [5, 5.41) is 8.80. The number of rotatable bonds is 6. The molecular formula is C10H14N4O4S2. The number of hydrogen-bond acceptors (Lipinski definition) is 6. The first-order valence-corrected chi connectivity index (χ1v) is 8.55. The number of nitrogens with zero attached hydrogens (tertiary/aromatic N) is 3. The topological polar surface area (TPSA) is 120 Å². The minimum Gasteiger partial charge on any atom is -0.244 e. The molecule has 0 amide bonds. The minimum absolute atomic E-state index is 0.240. The quantitative estimate of drug-likeness (QED) is 0.727. The Balaban J connectivity index is 2.85. The van der Waals surface area contributed by atoms with E-state index in [9.17, 15) is 16.8 Å². The summed E-state index contributed by atoms with van der Waals surface area (Å²) in [7, 11) is -4.74. The first-order chi connectivity index (χ1) is 9.20. The monoisotopic (exact) mass is 318 g/mol. The summed E-state index contributed by atoms with van der Waals surface area (Å²) in [6.07, 6.45) is 1.30. The van der Waals surface area contributed by atoms with Gasteiger partial charge in [0.1, 0.15) is 11.0 Å². The Morgan fingerprint density at radius 1 is 1.35 bits per heavy atom. The molecule has 0 aliphatic heterocycles. The van der Waals surface area contributed by atoms with Crippen LogP contribution >= 0.6 is 0 Å². The van der Waals surface area contributed by atoms with Crippen LogP contribution in [0.3, 0.4) is 0 Å². The molecule has 0 fully saturated rings. The third-order valence-electron chi connectivity index (χ3n) is 2.37. The Bertz CT molecular complexity index is 720. The van der Waals surface area contributed by atoms with Gasteiger partial charge >= 0.3 is 0 Å². The normalized spacial score (nSPS) is 12.3. The lowest BCUT2D eigenvalue weighted by molar-refractivity contribution is 0.519. The van der Waals surface area contributed by atoms with Gasteiger partial charge in [-0.1, -0.05) is 0 Å². The Morgan fingerprint density at radius 2 is 2.00 bits per heavy atom. The average molecular weight is 318 g/mol. The lowest BCUT2D eigenvalue weighted by atomic mass is 10.4. The van der Waals surface area contributed by atoms with E-state index >= 15 is 0 Å². The maximum Gasteiger partial charge on any atom is 0.243 e. The molecule has 20 heavy (non-hydrogen) atoms. The number of hydrogen-bond donors (Lipinski definition) is 1. The van der Waals surface area contributed by atoms with Crippen LogP contribution < -0.4 is 4.72 Å². The molecule has 0 aliphatic rings.